The number of ether oxygens (including phenoxy) is 2. The molecule has 2 N–H and O–H groups in total. The average Bonchev–Trinajstić information content (AvgIpc) is 2.37. The normalized spacial score (nSPS) is 19.5. The lowest BCUT2D eigenvalue weighted by Gasteiger charge is -2.22. The Hall–Kier alpha value is -1.62. The summed E-state index contributed by atoms with van der Waals surface area (Å²) in [6, 6.07) is 4.10. The van der Waals surface area contributed by atoms with Crippen LogP contribution in [0.15, 0.2) is 18.2 Å². The van der Waals surface area contributed by atoms with E-state index in [1.807, 2.05) is 0 Å². The van der Waals surface area contributed by atoms with E-state index in [0.29, 0.717) is 6.61 Å². The summed E-state index contributed by atoms with van der Waals surface area (Å²) in [7, 11) is 0. The van der Waals surface area contributed by atoms with Gasteiger partial charge >= 0.3 is 5.97 Å². The molecule has 0 aromatic heterocycles. The Balaban J connectivity index is 1.95. The van der Waals surface area contributed by atoms with Crippen molar-refractivity contribution in [3.8, 4) is 0 Å². The topological polar surface area (TPSA) is 61.6 Å². The highest BCUT2D eigenvalue weighted by Crippen LogP contribution is 2.18. The Morgan fingerprint density at radius 3 is 3.00 bits per heavy atom. The van der Waals surface area contributed by atoms with Crippen LogP contribution in [0.1, 0.15) is 29.6 Å². The summed E-state index contributed by atoms with van der Waals surface area (Å²) in [6.07, 6.45) is 2.87. The molecule has 1 aromatic carbocycles. The molecule has 1 aromatic rings. The van der Waals surface area contributed by atoms with E-state index in [1.165, 1.54) is 18.2 Å². The van der Waals surface area contributed by atoms with Crippen molar-refractivity contribution in [2.45, 2.75) is 25.4 Å². The summed E-state index contributed by atoms with van der Waals surface area (Å²) in [5, 5.41) is 0. The number of benzene rings is 1. The van der Waals surface area contributed by atoms with Gasteiger partial charge in [0.15, 0.2) is 0 Å². The summed E-state index contributed by atoms with van der Waals surface area (Å²) < 4.78 is 23.9. The van der Waals surface area contributed by atoms with E-state index in [9.17, 15) is 9.18 Å². The van der Waals surface area contributed by atoms with Gasteiger partial charge in [-0.1, -0.05) is 6.07 Å². The van der Waals surface area contributed by atoms with Crippen molar-refractivity contribution in [3.63, 3.8) is 0 Å². The van der Waals surface area contributed by atoms with Crippen molar-refractivity contribution in [2.24, 2.45) is 0 Å². The summed E-state index contributed by atoms with van der Waals surface area (Å²) in [6.45, 7) is 0.830. The molecule has 0 spiro atoms. The van der Waals surface area contributed by atoms with Gasteiger partial charge in [-0.2, -0.15) is 0 Å². The lowest BCUT2D eigenvalue weighted by Crippen LogP contribution is -2.26. The molecule has 4 nitrogen and oxygen atoms in total. The molecule has 18 heavy (non-hydrogen) atoms. The van der Waals surface area contributed by atoms with Gasteiger partial charge in [0, 0.05) is 12.3 Å². The molecule has 1 aliphatic rings. The molecule has 0 saturated carbocycles. The molecule has 1 unspecified atom stereocenters. The van der Waals surface area contributed by atoms with E-state index in [-0.39, 0.29) is 24.0 Å². The van der Waals surface area contributed by atoms with Crippen LogP contribution in [-0.4, -0.2) is 25.3 Å². The Kier molecular flexibility index (Phi) is 4.15. The molecule has 0 amide bonds. The number of carbonyl (C=O) groups is 1. The number of carbonyl (C=O) groups excluding carboxylic acids is 1. The third kappa shape index (κ3) is 2.98. The van der Waals surface area contributed by atoms with Gasteiger partial charge in [0.2, 0.25) is 0 Å². The molecule has 1 heterocycles. The average molecular weight is 253 g/mol. The van der Waals surface area contributed by atoms with Crippen LogP contribution in [0.4, 0.5) is 10.1 Å². The van der Waals surface area contributed by atoms with E-state index >= 15 is 0 Å². The minimum Gasteiger partial charge on any atom is -0.459 e. The van der Waals surface area contributed by atoms with Crippen LogP contribution in [0.3, 0.4) is 0 Å². The second-order valence-corrected chi connectivity index (χ2v) is 4.29. The van der Waals surface area contributed by atoms with Crippen LogP contribution >= 0.6 is 0 Å². The quantitative estimate of drug-likeness (QED) is 0.662. The van der Waals surface area contributed by atoms with E-state index in [0.717, 1.165) is 19.3 Å². The second kappa shape index (κ2) is 5.82. The highest BCUT2D eigenvalue weighted by molar-refractivity contribution is 5.95. The van der Waals surface area contributed by atoms with Crippen molar-refractivity contribution in [3.05, 3.63) is 29.6 Å². The maximum Gasteiger partial charge on any atom is 0.343 e. The minimum atomic E-state index is -0.736. The number of nitrogens with two attached hydrogens (primary N) is 1. The van der Waals surface area contributed by atoms with Gasteiger partial charge in [0.05, 0.1) is 6.10 Å². The lowest BCUT2D eigenvalue weighted by molar-refractivity contribution is -0.0301. The fourth-order valence-electron chi connectivity index (χ4n) is 1.94. The molecule has 0 bridgehead atoms. The molecule has 1 atom stereocenters. The van der Waals surface area contributed by atoms with Crippen molar-refractivity contribution in [2.75, 3.05) is 18.9 Å². The largest absolute Gasteiger partial charge is 0.459 e. The lowest BCUT2D eigenvalue weighted by atomic mass is 10.1. The fourth-order valence-corrected chi connectivity index (χ4v) is 1.94. The number of hydrogen-bond acceptors (Lipinski definition) is 4. The fraction of sp³-hybridized carbons (Fsp3) is 0.462. The highest BCUT2D eigenvalue weighted by atomic mass is 19.1. The van der Waals surface area contributed by atoms with Crippen LogP contribution < -0.4 is 5.73 Å². The number of nitrogen functional groups attached to an aromatic ring is 1. The first-order valence-corrected chi connectivity index (χ1v) is 6.01. The molecule has 98 valence electrons. The van der Waals surface area contributed by atoms with Gasteiger partial charge in [-0.3, -0.25) is 0 Å². The first kappa shape index (κ1) is 12.8. The van der Waals surface area contributed by atoms with Crippen LogP contribution in [0.25, 0.3) is 0 Å². The molecule has 1 aliphatic heterocycles. The van der Waals surface area contributed by atoms with E-state index < -0.39 is 11.8 Å². The standard InChI is InChI=1S/C13H16FNO3/c14-10-5-3-6-11(15)12(10)13(16)18-8-9-4-1-2-7-17-9/h3,5-6,9H,1-2,4,7-8,15H2. The predicted octanol–water partition coefficient (Wildman–Crippen LogP) is 2.13. The van der Waals surface area contributed by atoms with Gasteiger partial charge in [-0.15, -0.1) is 0 Å². The molecule has 5 heteroatoms. The maximum absolute atomic E-state index is 13.5. The number of rotatable bonds is 3. The number of esters is 1. The van der Waals surface area contributed by atoms with Crippen molar-refractivity contribution < 1.29 is 18.7 Å². The Bertz CT molecular complexity index is 410. The molecule has 0 radical (unpaired) electrons. The zero-order valence-corrected chi connectivity index (χ0v) is 10.0. The Labute approximate surface area is 105 Å². The Morgan fingerprint density at radius 2 is 2.33 bits per heavy atom. The van der Waals surface area contributed by atoms with Crippen LogP contribution in [0, 0.1) is 5.82 Å². The number of halogens is 1. The third-order valence-electron chi connectivity index (χ3n) is 2.92. The molecular formula is C13H16FNO3. The van der Waals surface area contributed by atoms with Crippen LogP contribution in [0.5, 0.6) is 0 Å². The minimum absolute atomic E-state index is 0.0873. The van der Waals surface area contributed by atoms with Gasteiger partial charge in [0.25, 0.3) is 0 Å². The smallest absolute Gasteiger partial charge is 0.343 e. The molecular weight excluding hydrogens is 237 g/mol. The summed E-state index contributed by atoms with van der Waals surface area (Å²) in [5.41, 5.74) is 5.45. The second-order valence-electron chi connectivity index (χ2n) is 4.29. The van der Waals surface area contributed by atoms with Gasteiger partial charge in [-0.25, -0.2) is 9.18 Å². The SMILES string of the molecule is Nc1cccc(F)c1C(=O)OCC1CCCCO1. The first-order valence-electron chi connectivity index (χ1n) is 6.01. The van der Waals surface area contributed by atoms with E-state index in [2.05, 4.69) is 0 Å². The molecule has 1 saturated heterocycles. The summed E-state index contributed by atoms with van der Waals surface area (Å²) in [5.74, 6) is -1.40. The monoisotopic (exact) mass is 253 g/mol. The summed E-state index contributed by atoms with van der Waals surface area (Å²) in [4.78, 5) is 11.7. The molecule has 0 aliphatic carbocycles. The maximum atomic E-state index is 13.5. The van der Waals surface area contributed by atoms with Crippen molar-refractivity contribution in [1.82, 2.24) is 0 Å². The van der Waals surface area contributed by atoms with Gasteiger partial charge < -0.3 is 15.2 Å². The van der Waals surface area contributed by atoms with Crippen molar-refractivity contribution >= 4 is 11.7 Å². The molecule has 2 rings (SSSR count). The molecule has 1 fully saturated rings. The van der Waals surface area contributed by atoms with E-state index in [1.54, 1.807) is 0 Å². The third-order valence-corrected chi connectivity index (χ3v) is 2.92. The number of anilines is 1. The zero-order chi connectivity index (χ0) is 13.0. The predicted molar refractivity (Wildman–Crippen MR) is 64.7 cm³/mol. The van der Waals surface area contributed by atoms with Crippen LogP contribution in [0.2, 0.25) is 0 Å². The Morgan fingerprint density at radius 1 is 1.50 bits per heavy atom. The van der Waals surface area contributed by atoms with Crippen LogP contribution in [-0.2, 0) is 9.47 Å². The van der Waals surface area contributed by atoms with Gasteiger partial charge in [-0.05, 0) is 31.4 Å². The van der Waals surface area contributed by atoms with Gasteiger partial charge in [0.1, 0.15) is 18.0 Å². The number of hydrogen-bond donors (Lipinski definition) is 1. The summed E-state index contributed by atoms with van der Waals surface area (Å²) >= 11 is 0. The highest BCUT2D eigenvalue weighted by Gasteiger charge is 2.20. The van der Waals surface area contributed by atoms with E-state index in [4.69, 9.17) is 15.2 Å². The van der Waals surface area contributed by atoms with Crippen molar-refractivity contribution in [1.29, 1.82) is 0 Å². The first-order chi connectivity index (χ1) is 8.68. The zero-order valence-electron chi connectivity index (χ0n) is 10.0.